The summed E-state index contributed by atoms with van der Waals surface area (Å²) in [6.45, 7) is 6.31. The van der Waals surface area contributed by atoms with Gasteiger partial charge in [-0.05, 0) is 39.0 Å². The van der Waals surface area contributed by atoms with Crippen LogP contribution in [0.1, 0.15) is 37.8 Å². The zero-order valence-corrected chi connectivity index (χ0v) is 13.5. The fraction of sp³-hybridized carbons (Fsp3) is 0.647. The normalized spacial score (nSPS) is 19.0. The second kappa shape index (κ2) is 7.58. The third-order valence-corrected chi connectivity index (χ3v) is 4.29. The van der Waals surface area contributed by atoms with E-state index in [-0.39, 0.29) is 0 Å². The van der Waals surface area contributed by atoms with E-state index in [1.807, 2.05) is 6.92 Å². The molecule has 5 heteroatoms. The predicted molar refractivity (Wildman–Crippen MR) is 89.5 cm³/mol. The fourth-order valence-corrected chi connectivity index (χ4v) is 3.05. The van der Waals surface area contributed by atoms with Crippen molar-refractivity contribution >= 4 is 11.8 Å². The maximum atomic E-state index is 5.41. The number of rotatable bonds is 5. The quantitative estimate of drug-likeness (QED) is 0.848. The first kappa shape index (κ1) is 15.3. The van der Waals surface area contributed by atoms with Gasteiger partial charge >= 0.3 is 0 Å². The highest BCUT2D eigenvalue weighted by molar-refractivity contribution is 5.45. The molecular formula is C17H26N4O. The summed E-state index contributed by atoms with van der Waals surface area (Å²) in [6, 6.07) is 2.06. The van der Waals surface area contributed by atoms with E-state index < -0.39 is 0 Å². The van der Waals surface area contributed by atoms with Gasteiger partial charge in [-0.15, -0.1) is 0 Å². The van der Waals surface area contributed by atoms with Gasteiger partial charge < -0.3 is 15.0 Å². The number of aromatic nitrogens is 2. The van der Waals surface area contributed by atoms with Gasteiger partial charge in [-0.1, -0.05) is 11.6 Å². The van der Waals surface area contributed by atoms with Crippen molar-refractivity contribution in [3.05, 3.63) is 23.4 Å². The van der Waals surface area contributed by atoms with Crippen molar-refractivity contribution in [2.45, 2.75) is 39.0 Å². The van der Waals surface area contributed by atoms with Crippen LogP contribution in [-0.2, 0) is 4.74 Å². The standard InChI is InChI=1S/C17H26N4O/c1-14-13-16(21-9-11-22-12-10-21)20-17(19-14)18-8-7-15-5-3-2-4-6-15/h5,13H,2-4,6-12H2,1H3,(H,18,19,20). The molecule has 3 rings (SSSR count). The molecule has 1 aliphatic carbocycles. The fourth-order valence-electron chi connectivity index (χ4n) is 3.05. The molecular weight excluding hydrogens is 276 g/mol. The average Bonchev–Trinajstić information content (AvgIpc) is 2.56. The molecule has 1 N–H and O–H groups in total. The van der Waals surface area contributed by atoms with Gasteiger partial charge in [0, 0.05) is 31.4 Å². The number of nitrogens with zero attached hydrogens (tertiary/aromatic N) is 3. The number of morpholine rings is 1. The molecule has 1 aliphatic heterocycles. The van der Waals surface area contributed by atoms with Crippen molar-refractivity contribution in [2.24, 2.45) is 0 Å². The van der Waals surface area contributed by atoms with Crippen molar-refractivity contribution in [1.29, 1.82) is 0 Å². The minimum atomic E-state index is 0.748. The van der Waals surface area contributed by atoms with Gasteiger partial charge in [0.05, 0.1) is 13.2 Å². The molecule has 1 fully saturated rings. The highest BCUT2D eigenvalue weighted by atomic mass is 16.5. The third kappa shape index (κ3) is 4.19. The Kier molecular flexibility index (Phi) is 5.27. The average molecular weight is 302 g/mol. The topological polar surface area (TPSA) is 50.3 Å². The van der Waals surface area contributed by atoms with Crippen molar-refractivity contribution in [3.8, 4) is 0 Å². The second-order valence-corrected chi connectivity index (χ2v) is 6.08. The van der Waals surface area contributed by atoms with Crippen LogP contribution in [0, 0.1) is 6.92 Å². The Balaban J connectivity index is 1.58. The van der Waals surface area contributed by atoms with E-state index >= 15 is 0 Å². The van der Waals surface area contributed by atoms with Gasteiger partial charge in [0.15, 0.2) is 0 Å². The Labute approximate surface area is 132 Å². The zero-order valence-electron chi connectivity index (χ0n) is 13.5. The number of aryl methyl sites for hydroxylation is 1. The van der Waals surface area contributed by atoms with E-state index in [0.717, 1.165) is 56.7 Å². The first-order valence-corrected chi connectivity index (χ1v) is 8.41. The summed E-state index contributed by atoms with van der Waals surface area (Å²) in [6.07, 6.45) is 8.70. The van der Waals surface area contributed by atoms with Crippen LogP contribution in [0.4, 0.5) is 11.8 Å². The number of hydrogen-bond acceptors (Lipinski definition) is 5. The molecule has 0 bridgehead atoms. The lowest BCUT2D eigenvalue weighted by Gasteiger charge is -2.28. The van der Waals surface area contributed by atoms with Gasteiger partial charge in [0.25, 0.3) is 0 Å². The summed E-state index contributed by atoms with van der Waals surface area (Å²) < 4.78 is 5.41. The first-order chi connectivity index (χ1) is 10.8. The van der Waals surface area contributed by atoms with E-state index in [1.165, 1.54) is 25.7 Å². The van der Waals surface area contributed by atoms with E-state index in [4.69, 9.17) is 4.74 Å². The maximum Gasteiger partial charge on any atom is 0.224 e. The van der Waals surface area contributed by atoms with Crippen LogP contribution in [0.25, 0.3) is 0 Å². The first-order valence-electron chi connectivity index (χ1n) is 8.41. The molecule has 2 aliphatic rings. The Morgan fingerprint density at radius 1 is 1.23 bits per heavy atom. The van der Waals surface area contributed by atoms with E-state index in [1.54, 1.807) is 5.57 Å². The SMILES string of the molecule is Cc1cc(N2CCOCC2)nc(NCCC2=CCCCC2)n1. The summed E-state index contributed by atoms with van der Waals surface area (Å²) in [5.41, 5.74) is 2.59. The molecule has 2 heterocycles. The summed E-state index contributed by atoms with van der Waals surface area (Å²) in [7, 11) is 0. The molecule has 0 aromatic carbocycles. The molecule has 22 heavy (non-hydrogen) atoms. The summed E-state index contributed by atoms with van der Waals surface area (Å²) >= 11 is 0. The molecule has 0 spiro atoms. The molecule has 0 saturated carbocycles. The lowest BCUT2D eigenvalue weighted by Crippen LogP contribution is -2.37. The molecule has 1 aromatic rings. The number of hydrogen-bond donors (Lipinski definition) is 1. The van der Waals surface area contributed by atoms with Crippen molar-refractivity contribution in [1.82, 2.24) is 9.97 Å². The highest BCUT2D eigenvalue weighted by Crippen LogP contribution is 2.20. The summed E-state index contributed by atoms with van der Waals surface area (Å²) in [4.78, 5) is 11.5. The van der Waals surface area contributed by atoms with E-state index in [0.29, 0.717) is 0 Å². The van der Waals surface area contributed by atoms with Crippen LogP contribution in [0.2, 0.25) is 0 Å². The molecule has 0 radical (unpaired) electrons. The second-order valence-electron chi connectivity index (χ2n) is 6.08. The number of nitrogens with one attached hydrogen (secondary N) is 1. The Bertz CT molecular complexity index is 523. The van der Waals surface area contributed by atoms with Crippen LogP contribution >= 0.6 is 0 Å². The van der Waals surface area contributed by atoms with Gasteiger partial charge in [0.2, 0.25) is 5.95 Å². The lowest BCUT2D eigenvalue weighted by molar-refractivity contribution is 0.122. The number of anilines is 2. The highest BCUT2D eigenvalue weighted by Gasteiger charge is 2.14. The predicted octanol–water partition coefficient (Wildman–Crippen LogP) is 2.92. The largest absolute Gasteiger partial charge is 0.378 e. The molecule has 0 atom stereocenters. The molecule has 0 amide bonds. The Hall–Kier alpha value is -1.62. The molecule has 120 valence electrons. The minimum absolute atomic E-state index is 0.748. The van der Waals surface area contributed by atoms with Crippen LogP contribution < -0.4 is 10.2 Å². The van der Waals surface area contributed by atoms with E-state index in [9.17, 15) is 0 Å². The van der Waals surface area contributed by atoms with Gasteiger partial charge in [-0.2, -0.15) is 4.98 Å². The van der Waals surface area contributed by atoms with E-state index in [2.05, 4.69) is 32.3 Å². The smallest absolute Gasteiger partial charge is 0.224 e. The summed E-state index contributed by atoms with van der Waals surface area (Å²) in [5.74, 6) is 1.76. The Morgan fingerprint density at radius 2 is 2.09 bits per heavy atom. The molecule has 0 unspecified atom stereocenters. The number of ether oxygens (including phenoxy) is 1. The summed E-state index contributed by atoms with van der Waals surface area (Å²) in [5, 5.41) is 3.39. The van der Waals surface area contributed by atoms with Gasteiger partial charge in [-0.25, -0.2) is 4.98 Å². The monoisotopic (exact) mass is 302 g/mol. The van der Waals surface area contributed by atoms with Crippen molar-refractivity contribution in [3.63, 3.8) is 0 Å². The number of allylic oxidation sites excluding steroid dienone is 1. The van der Waals surface area contributed by atoms with Gasteiger partial charge in [-0.3, -0.25) is 0 Å². The minimum Gasteiger partial charge on any atom is -0.378 e. The van der Waals surface area contributed by atoms with Crippen LogP contribution in [0.3, 0.4) is 0 Å². The van der Waals surface area contributed by atoms with Crippen molar-refractivity contribution in [2.75, 3.05) is 43.1 Å². The van der Waals surface area contributed by atoms with Crippen LogP contribution in [0.15, 0.2) is 17.7 Å². The van der Waals surface area contributed by atoms with Gasteiger partial charge in [0.1, 0.15) is 5.82 Å². The molecule has 5 nitrogen and oxygen atoms in total. The maximum absolute atomic E-state index is 5.41. The molecule has 1 aromatic heterocycles. The zero-order chi connectivity index (χ0) is 15.2. The Morgan fingerprint density at radius 3 is 2.86 bits per heavy atom. The molecule has 1 saturated heterocycles. The van der Waals surface area contributed by atoms with Crippen LogP contribution in [0.5, 0.6) is 0 Å². The third-order valence-electron chi connectivity index (χ3n) is 4.29. The van der Waals surface area contributed by atoms with Crippen molar-refractivity contribution < 1.29 is 4.74 Å². The lowest BCUT2D eigenvalue weighted by atomic mass is 9.97. The van der Waals surface area contributed by atoms with Crippen LogP contribution in [-0.4, -0.2) is 42.8 Å².